The third-order valence-corrected chi connectivity index (χ3v) is 3.39. The van der Waals surface area contributed by atoms with E-state index in [9.17, 15) is 9.90 Å². The summed E-state index contributed by atoms with van der Waals surface area (Å²) in [4.78, 5) is 10.9. The van der Waals surface area contributed by atoms with Gasteiger partial charge in [0, 0.05) is 10.9 Å². The van der Waals surface area contributed by atoms with Gasteiger partial charge in [0.2, 0.25) is 0 Å². The first-order valence-corrected chi connectivity index (χ1v) is 5.91. The van der Waals surface area contributed by atoms with Crippen molar-refractivity contribution in [2.24, 2.45) is 0 Å². The second-order valence-corrected chi connectivity index (χ2v) is 4.57. The van der Waals surface area contributed by atoms with E-state index in [-0.39, 0.29) is 12.4 Å². The van der Waals surface area contributed by atoms with Crippen LogP contribution >= 0.6 is 27.5 Å². The SMILES string of the molecule is COC(=O)CCC(O)c1ccc(Cl)c(Br)c1. The van der Waals surface area contributed by atoms with Crippen LogP contribution in [0.25, 0.3) is 0 Å². The Morgan fingerprint density at radius 1 is 1.62 bits per heavy atom. The van der Waals surface area contributed by atoms with Crippen LogP contribution in [-0.2, 0) is 9.53 Å². The molecule has 1 unspecified atom stereocenters. The average Bonchev–Trinajstić information content (AvgIpc) is 2.29. The quantitative estimate of drug-likeness (QED) is 0.870. The lowest BCUT2D eigenvalue weighted by Gasteiger charge is -2.10. The minimum absolute atomic E-state index is 0.192. The molecule has 16 heavy (non-hydrogen) atoms. The van der Waals surface area contributed by atoms with Crippen LogP contribution in [0.5, 0.6) is 0 Å². The molecule has 1 aromatic rings. The fourth-order valence-electron chi connectivity index (χ4n) is 1.24. The molecule has 0 aliphatic carbocycles. The zero-order chi connectivity index (χ0) is 12.1. The van der Waals surface area contributed by atoms with Crippen molar-refractivity contribution in [2.45, 2.75) is 18.9 Å². The highest BCUT2D eigenvalue weighted by atomic mass is 79.9. The number of rotatable bonds is 4. The van der Waals surface area contributed by atoms with Crippen molar-refractivity contribution in [1.29, 1.82) is 0 Å². The number of aliphatic hydroxyl groups excluding tert-OH is 1. The third kappa shape index (κ3) is 3.77. The number of carbonyl (C=O) groups excluding carboxylic acids is 1. The second-order valence-electron chi connectivity index (χ2n) is 3.30. The van der Waals surface area contributed by atoms with Gasteiger partial charge < -0.3 is 9.84 Å². The summed E-state index contributed by atoms with van der Waals surface area (Å²) < 4.78 is 5.22. The van der Waals surface area contributed by atoms with Gasteiger partial charge >= 0.3 is 5.97 Å². The molecular formula is C11H12BrClO3. The fraction of sp³-hybridized carbons (Fsp3) is 0.364. The van der Waals surface area contributed by atoms with Crippen molar-refractivity contribution >= 4 is 33.5 Å². The summed E-state index contributed by atoms with van der Waals surface area (Å²) in [6, 6.07) is 5.17. The number of benzene rings is 1. The molecular weight excluding hydrogens is 295 g/mol. The molecule has 1 atom stereocenters. The number of hydrogen-bond acceptors (Lipinski definition) is 3. The molecule has 1 aromatic carbocycles. The van der Waals surface area contributed by atoms with Crippen molar-refractivity contribution < 1.29 is 14.6 Å². The molecule has 0 saturated heterocycles. The lowest BCUT2D eigenvalue weighted by atomic mass is 10.1. The highest BCUT2D eigenvalue weighted by Crippen LogP contribution is 2.27. The maximum absolute atomic E-state index is 10.9. The number of methoxy groups -OCH3 is 1. The van der Waals surface area contributed by atoms with Crippen LogP contribution in [-0.4, -0.2) is 18.2 Å². The lowest BCUT2D eigenvalue weighted by molar-refractivity contribution is -0.141. The van der Waals surface area contributed by atoms with Gasteiger partial charge in [-0.05, 0) is 40.0 Å². The topological polar surface area (TPSA) is 46.5 Å². The number of halogens is 2. The summed E-state index contributed by atoms with van der Waals surface area (Å²) in [7, 11) is 1.33. The van der Waals surface area contributed by atoms with Crippen molar-refractivity contribution in [3.63, 3.8) is 0 Å². The van der Waals surface area contributed by atoms with Crippen LogP contribution in [0, 0.1) is 0 Å². The minimum atomic E-state index is -0.687. The molecule has 0 radical (unpaired) electrons. The Kier molecular flexibility index (Phi) is 5.25. The van der Waals surface area contributed by atoms with E-state index in [1.165, 1.54) is 7.11 Å². The molecule has 3 nitrogen and oxygen atoms in total. The van der Waals surface area contributed by atoms with Gasteiger partial charge in [0.1, 0.15) is 0 Å². The summed E-state index contributed by atoms with van der Waals surface area (Å²) in [5, 5.41) is 10.4. The zero-order valence-corrected chi connectivity index (χ0v) is 11.1. The monoisotopic (exact) mass is 306 g/mol. The van der Waals surface area contributed by atoms with E-state index in [4.69, 9.17) is 11.6 Å². The second kappa shape index (κ2) is 6.23. The van der Waals surface area contributed by atoms with Crippen molar-refractivity contribution in [1.82, 2.24) is 0 Å². The van der Waals surface area contributed by atoms with Crippen LogP contribution in [0.3, 0.4) is 0 Å². The van der Waals surface area contributed by atoms with E-state index < -0.39 is 6.10 Å². The summed E-state index contributed by atoms with van der Waals surface area (Å²) in [5.41, 5.74) is 0.722. The molecule has 0 bridgehead atoms. The van der Waals surface area contributed by atoms with Gasteiger partial charge in [0.15, 0.2) is 0 Å². The highest BCUT2D eigenvalue weighted by molar-refractivity contribution is 9.10. The third-order valence-electron chi connectivity index (χ3n) is 2.18. The lowest BCUT2D eigenvalue weighted by Crippen LogP contribution is -2.04. The summed E-state index contributed by atoms with van der Waals surface area (Å²) in [5.74, 6) is -0.327. The van der Waals surface area contributed by atoms with E-state index in [1.807, 2.05) is 0 Å². The molecule has 1 rings (SSSR count). The van der Waals surface area contributed by atoms with Crippen LogP contribution < -0.4 is 0 Å². The first kappa shape index (κ1) is 13.5. The van der Waals surface area contributed by atoms with Crippen LogP contribution in [0.4, 0.5) is 0 Å². The standard InChI is InChI=1S/C11H12BrClO3/c1-16-11(15)5-4-10(14)7-2-3-9(13)8(12)6-7/h2-3,6,10,14H,4-5H2,1H3. The van der Waals surface area contributed by atoms with Gasteiger partial charge in [0.25, 0.3) is 0 Å². The van der Waals surface area contributed by atoms with Crippen LogP contribution in [0.1, 0.15) is 24.5 Å². The van der Waals surface area contributed by atoms with Crippen LogP contribution in [0.2, 0.25) is 5.02 Å². The maximum atomic E-state index is 10.9. The van der Waals surface area contributed by atoms with Gasteiger partial charge in [0.05, 0.1) is 18.2 Å². The molecule has 1 N–H and O–H groups in total. The Morgan fingerprint density at radius 3 is 2.88 bits per heavy atom. The number of esters is 1. The predicted octanol–water partition coefficient (Wildman–Crippen LogP) is 3.09. The van der Waals surface area contributed by atoms with Gasteiger partial charge in [-0.25, -0.2) is 0 Å². The Morgan fingerprint density at radius 2 is 2.31 bits per heavy atom. The van der Waals surface area contributed by atoms with E-state index in [1.54, 1.807) is 18.2 Å². The average molecular weight is 308 g/mol. The molecule has 0 aromatic heterocycles. The predicted molar refractivity (Wildman–Crippen MR) is 65.4 cm³/mol. The molecule has 5 heteroatoms. The van der Waals surface area contributed by atoms with E-state index in [0.29, 0.717) is 11.4 Å². The Labute approximate surface area is 107 Å². The number of carbonyl (C=O) groups is 1. The van der Waals surface area contributed by atoms with Gasteiger partial charge in [-0.2, -0.15) is 0 Å². The molecule has 0 saturated carbocycles. The minimum Gasteiger partial charge on any atom is -0.469 e. The molecule has 88 valence electrons. The Balaban J connectivity index is 2.62. The van der Waals surface area contributed by atoms with Crippen molar-refractivity contribution in [3.8, 4) is 0 Å². The number of ether oxygens (including phenoxy) is 1. The molecule has 0 aliphatic rings. The smallest absolute Gasteiger partial charge is 0.305 e. The molecule has 0 amide bonds. The Hall–Kier alpha value is -0.580. The van der Waals surface area contributed by atoms with Crippen molar-refractivity contribution in [2.75, 3.05) is 7.11 Å². The van der Waals surface area contributed by atoms with Gasteiger partial charge in [-0.3, -0.25) is 4.79 Å². The number of hydrogen-bond donors (Lipinski definition) is 1. The molecule has 0 fully saturated rings. The van der Waals surface area contributed by atoms with Crippen LogP contribution in [0.15, 0.2) is 22.7 Å². The van der Waals surface area contributed by atoms with E-state index in [2.05, 4.69) is 20.7 Å². The van der Waals surface area contributed by atoms with Gasteiger partial charge in [-0.15, -0.1) is 0 Å². The molecule has 0 spiro atoms. The fourth-order valence-corrected chi connectivity index (χ4v) is 1.76. The largest absolute Gasteiger partial charge is 0.469 e. The van der Waals surface area contributed by atoms with E-state index >= 15 is 0 Å². The van der Waals surface area contributed by atoms with E-state index in [0.717, 1.165) is 10.0 Å². The van der Waals surface area contributed by atoms with Crippen molar-refractivity contribution in [3.05, 3.63) is 33.3 Å². The molecule has 0 aliphatic heterocycles. The normalized spacial score (nSPS) is 12.2. The highest BCUT2D eigenvalue weighted by Gasteiger charge is 2.11. The summed E-state index contributed by atoms with van der Waals surface area (Å²) in [6.45, 7) is 0. The first-order chi connectivity index (χ1) is 7.54. The summed E-state index contributed by atoms with van der Waals surface area (Å²) in [6.07, 6.45) is -0.161. The maximum Gasteiger partial charge on any atom is 0.305 e. The Bertz CT molecular complexity index is 381. The number of aliphatic hydroxyl groups is 1. The molecule has 0 heterocycles. The summed E-state index contributed by atoms with van der Waals surface area (Å²) >= 11 is 9.11. The zero-order valence-electron chi connectivity index (χ0n) is 8.74. The van der Waals surface area contributed by atoms with Gasteiger partial charge in [-0.1, -0.05) is 17.7 Å². The first-order valence-electron chi connectivity index (χ1n) is 4.74.